The van der Waals surface area contributed by atoms with Crippen molar-refractivity contribution in [3.8, 4) is 6.07 Å². The molecule has 0 bridgehead atoms. The first-order chi connectivity index (χ1) is 3.18. The van der Waals surface area contributed by atoms with Gasteiger partial charge in [0.15, 0.2) is 0 Å². The zero-order chi connectivity index (χ0) is 5.86. The monoisotopic (exact) mass is 129 g/mol. The number of hydrogen-bond acceptors (Lipinski definition) is 2. The van der Waals surface area contributed by atoms with Crippen molar-refractivity contribution in [2.75, 3.05) is 0 Å². The lowest BCUT2D eigenvalue weighted by atomic mass is 10.4. The van der Waals surface area contributed by atoms with Gasteiger partial charge in [0, 0.05) is 0 Å². The molecule has 0 aromatic heterocycles. The second kappa shape index (κ2) is 2.78. The van der Waals surface area contributed by atoms with E-state index in [-0.39, 0.29) is 9.77 Å². The van der Waals surface area contributed by atoms with Gasteiger partial charge in [0.05, 0.1) is 9.77 Å². The number of hydrogen-bond donors (Lipinski definition) is 1. The summed E-state index contributed by atoms with van der Waals surface area (Å²) < 4.78 is 0.266. The van der Waals surface area contributed by atoms with E-state index in [0.29, 0.717) is 0 Å². The lowest BCUT2D eigenvalue weighted by Crippen LogP contribution is -1.81. The molecule has 0 aromatic carbocycles. The zero-order valence-corrected chi connectivity index (χ0v) is 5.22. The van der Waals surface area contributed by atoms with Gasteiger partial charge in [-0.15, -0.1) is 12.6 Å². The summed E-state index contributed by atoms with van der Waals surface area (Å²) in [5, 5.41) is 8.02. The van der Waals surface area contributed by atoms with E-state index in [9.17, 15) is 0 Å². The van der Waals surface area contributed by atoms with E-state index >= 15 is 0 Å². The van der Waals surface area contributed by atoms with Gasteiger partial charge < -0.3 is 0 Å². The predicted molar refractivity (Wildman–Crippen MR) is 36.3 cm³/mol. The molecule has 0 aromatic rings. The van der Waals surface area contributed by atoms with Crippen molar-refractivity contribution in [1.29, 1.82) is 5.26 Å². The van der Waals surface area contributed by atoms with Crippen LogP contribution in [-0.4, -0.2) is 4.20 Å². The molecule has 0 atom stereocenters. The number of thiocarbonyl (C=S) groups is 1. The van der Waals surface area contributed by atoms with E-state index in [1.807, 2.05) is 0 Å². The van der Waals surface area contributed by atoms with Gasteiger partial charge in [-0.3, -0.25) is 0 Å². The Hall–Kier alpha value is -0.330. The van der Waals surface area contributed by atoms with Crippen LogP contribution in [0.4, 0.5) is 0 Å². The highest BCUT2D eigenvalue weighted by Gasteiger charge is 1.89. The van der Waals surface area contributed by atoms with Crippen LogP contribution < -0.4 is 0 Å². The van der Waals surface area contributed by atoms with Gasteiger partial charge in [0.1, 0.15) is 6.07 Å². The maximum Gasteiger partial charge on any atom is 0.101 e. The van der Waals surface area contributed by atoms with Gasteiger partial charge in [-0.2, -0.15) is 5.26 Å². The van der Waals surface area contributed by atoms with Crippen LogP contribution in [0, 0.1) is 11.3 Å². The molecule has 7 heavy (non-hydrogen) atoms. The summed E-state index contributed by atoms with van der Waals surface area (Å²) in [5.74, 6) is 0. The van der Waals surface area contributed by atoms with Crippen LogP contribution in [0.15, 0.2) is 12.2 Å². The van der Waals surface area contributed by atoms with E-state index in [4.69, 9.17) is 5.26 Å². The summed E-state index contributed by atoms with van der Waals surface area (Å²) in [7, 11) is 0. The molecule has 0 N–H and O–H groups in total. The summed E-state index contributed by atoms with van der Waals surface area (Å²) in [6, 6.07) is 1.75. The minimum Gasteiger partial charge on any atom is -0.192 e. The molecule has 0 rings (SSSR count). The number of thiol groups is 1. The molecule has 36 valence electrons. The molecular formula is C4H3NS2. The molecule has 0 saturated heterocycles. The molecule has 3 heteroatoms. The Morgan fingerprint density at radius 1 is 1.86 bits per heavy atom. The molecule has 0 amide bonds. The Morgan fingerprint density at radius 2 is 2.29 bits per heavy atom. The fourth-order valence-corrected chi connectivity index (χ4v) is 0.143. The standard InChI is InChI=1S/C4H3NS2/c1-3(2-5)4(6)7/h1H2,(H,6,7). The van der Waals surface area contributed by atoms with Gasteiger partial charge in [-0.05, 0) is 0 Å². The summed E-state index contributed by atoms with van der Waals surface area (Å²) in [4.78, 5) is 0. The summed E-state index contributed by atoms with van der Waals surface area (Å²) in [5.41, 5.74) is 0.248. The Bertz CT molecular complexity index is 142. The van der Waals surface area contributed by atoms with Crippen LogP contribution >= 0.6 is 24.8 Å². The lowest BCUT2D eigenvalue weighted by Gasteiger charge is -1.80. The van der Waals surface area contributed by atoms with Crippen LogP contribution in [0.25, 0.3) is 0 Å². The highest BCUT2D eigenvalue weighted by Crippen LogP contribution is 1.95. The first kappa shape index (κ1) is 6.67. The molecule has 0 unspecified atom stereocenters. The van der Waals surface area contributed by atoms with Gasteiger partial charge in [0.25, 0.3) is 0 Å². The largest absolute Gasteiger partial charge is 0.192 e. The second-order valence-corrected chi connectivity index (χ2v) is 2.05. The van der Waals surface area contributed by atoms with E-state index < -0.39 is 0 Å². The van der Waals surface area contributed by atoms with Gasteiger partial charge in [-0.1, -0.05) is 18.8 Å². The number of nitriles is 1. The molecule has 0 radical (unpaired) electrons. The Morgan fingerprint density at radius 3 is 2.29 bits per heavy atom. The van der Waals surface area contributed by atoms with Crippen LogP contribution in [0.2, 0.25) is 0 Å². The minimum atomic E-state index is 0.248. The highest BCUT2D eigenvalue weighted by molar-refractivity contribution is 8.11. The first-order valence-corrected chi connectivity index (χ1v) is 2.36. The van der Waals surface area contributed by atoms with Crippen molar-refractivity contribution in [1.82, 2.24) is 0 Å². The quantitative estimate of drug-likeness (QED) is 0.250. The molecule has 0 aliphatic carbocycles. The maximum atomic E-state index is 8.02. The average Bonchev–Trinajstić information content (AvgIpc) is 1.65. The molecule has 0 aliphatic heterocycles. The Labute approximate surface area is 53.1 Å². The van der Waals surface area contributed by atoms with Crippen LogP contribution in [-0.2, 0) is 0 Å². The fraction of sp³-hybridized carbons (Fsp3) is 0. The normalized spacial score (nSPS) is 6.86. The predicted octanol–water partition coefficient (Wildman–Crippen LogP) is 1.32. The maximum absolute atomic E-state index is 8.02. The van der Waals surface area contributed by atoms with Gasteiger partial charge in [0.2, 0.25) is 0 Å². The summed E-state index contributed by atoms with van der Waals surface area (Å²) in [6.07, 6.45) is 0. The smallest absolute Gasteiger partial charge is 0.101 e. The number of rotatable bonds is 1. The molecule has 0 aliphatic rings. The third-order valence-corrected chi connectivity index (χ3v) is 0.909. The first-order valence-electron chi connectivity index (χ1n) is 1.50. The second-order valence-electron chi connectivity index (χ2n) is 0.896. The molecule has 1 nitrogen and oxygen atoms in total. The fourth-order valence-electron chi connectivity index (χ4n) is 0.0478. The van der Waals surface area contributed by atoms with Crippen molar-refractivity contribution in [3.63, 3.8) is 0 Å². The van der Waals surface area contributed by atoms with E-state index in [0.717, 1.165) is 0 Å². The van der Waals surface area contributed by atoms with Crippen molar-refractivity contribution >= 4 is 29.0 Å². The van der Waals surface area contributed by atoms with Crippen molar-refractivity contribution in [2.45, 2.75) is 0 Å². The van der Waals surface area contributed by atoms with Crippen molar-refractivity contribution in [2.24, 2.45) is 0 Å². The third kappa shape index (κ3) is 2.38. The molecule has 0 spiro atoms. The van der Waals surface area contributed by atoms with Crippen molar-refractivity contribution in [3.05, 3.63) is 12.2 Å². The molecule has 0 fully saturated rings. The van der Waals surface area contributed by atoms with Crippen molar-refractivity contribution < 1.29 is 0 Å². The highest BCUT2D eigenvalue weighted by atomic mass is 32.1. The van der Waals surface area contributed by atoms with Crippen LogP contribution in [0.1, 0.15) is 0 Å². The third-order valence-electron chi connectivity index (χ3n) is 0.393. The van der Waals surface area contributed by atoms with Gasteiger partial charge in [-0.25, -0.2) is 0 Å². The minimum absolute atomic E-state index is 0.248. The molecular weight excluding hydrogens is 126 g/mol. The Balaban J connectivity index is 3.90. The average molecular weight is 129 g/mol. The summed E-state index contributed by atoms with van der Waals surface area (Å²) in [6.45, 7) is 3.29. The lowest BCUT2D eigenvalue weighted by molar-refractivity contribution is 1.52. The van der Waals surface area contributed by atoms with E-state index in [2.05, 4.69) is 31.4 Å². The van der Waals surface area contributed by atoms with E-state index in [1.165, 1.54) is 0 Å². The Kier molecular flexibility index (Phi) is 2.65. The topological polar surface area (TPSA) is 23.8 Å². The van der Waals surface area contributed by atoms with Crippen LogP contribution in [0.3, 0.4) is 0 Å². The SMILES string of the molecule is C=C(C#N)C(=S)S. The zero-order valence-electron chi connectivity index (χ0n) is 3.51. The van der Waals surface area contributed by atoms with Gasteiger partial charge >= 0.3 is 0 Å². The molecule has 0 heterocycles. The van der Waals surface area contributed by atoms with Crippen LogP contribution in [0.5, 0.6) is 0 Å². The molecule has 0 saturated carbocycles. The number of nitrogens with zero attached hydrogens (tertiary/aromatic N) is 1. The van der Waals surface area contributed by atoms with E-state index in [1.54, 1.807) is 6.07 Å². The summed E-state index contributed by atoms with van der Waals surface area (Å²) >= 11 is 8.14.